The highest BCUT2D eigenvalue weighted by molar-refractivity contribution is 5.94. The van der Waals surface area contributed by atoms with Crippen LogP contribution in [0, 0.1) is 0 Å². The van der Waals surface area contributed by atoms with E-state index in [1.54, 1.807) is 30.3 Å². The van der Waals surface area contributed by atoms with E-state index in [4.69, 9.17) is 4.74 Å². The van der Waals surface area contributed by atoms with E-state index in [1.807, 2.05) is 18.2 Å². The Morgan fingerprint density at radius 3 is 2.32 bits per heavy atom. The average molecular weight is 428 g/mol. The minimum Gasteiger partial charge on any atom is -0.468 e. The van der Waals surface area contributed by atoms with Gasteiger partial charge >= 0.3 is 12.1 Å². The van der Waals surface area contributed by atoms with Gasteiger partial charge in [-0.15, -0.1) is 0 Å². The molecule has 1 heterocycles. The number of pyridine rings is 1. The van der Waals surface area contributed by atoms with E-state index < -0.39 is 36.0 Å². The van der Waals surface area contributed by atoms with E-state index in [9.17, 15) is 19.2 Å². The van der Waals surface area contributed by atoms with E-state index in [0.717, 1.165) is 5.56 Å². The number of ether oxygens (including phenoxy) is 2. The molecule has 0 saturated heterocycles. The molecule has 1 aromatic heterocycles. The number of methoxy groups -OCH3 is 1. The summed E-state index contributed by atoms with van der Waals surface area (Å²) in [5, 5.41) is 7.27. The number of nitrogens with one attached hydrogen (secondary N) is 3. The average Bonchev–Trinajstić information content (AvgIpc) is 2.80. The van der Waals surface area contributed by atoms with Crippen molar-refractivity contribution >= 4 is 23.9 Å². The number of nitrogens with zero attached hydrogens (tertiary/aromatic N) is 1. The van der Waals surface area contributed by atoms with Crippen LogP contribution in [-0.4, -0.2) is 49.1 Å². The highest BCUT2D eigenvalue weighted by Crippen LogP contribution is 2.18. The third-order valence-electron chi connectivity index (χ3n) is 4.25. The van der Waals surface area contributed by atoms with Crippen LogP contribution >= 0.6 is 0 Å². The van der Waals surface area contributed by atoms with Crippen molar-refractivity contribution in [1.29, 1.82) is 0 Å². The quantitative estimate of drug-likeness (QED) is 0.499. The summed E-state index contributed by atoms with van der Waals surface area (Å²) < 4.78 is 9.55. The number of hydrogen-bond acceptors (Lipinski definition) is 7. The molecule has 0 aliphatic heterocycles. The number of amides is 3. The Kier molecular flexibility index (Phi) is 8.50. The zero-order chi connectivity index (χ0) is 22.7. The molecule has 0 saturated carbocycles. The van der Waals surface area contributed by atoms with Gasteiger partial charge in [-0.3, -0.25) is 19.4 Å². The number of benzene rings is 1. The number of esters is 1. The monoisotopic (exact) mass is 428 g/mol. The Balaban J connectivity index is 1.96. The molecule has 1 atom stereocenters. The molecule has 3 N–H and O–H groups in total. The van der Waals surface area contributed by atoms with E-state index in [1.165, 1.54) is 20.2 Å². The standard InChI is InChI=1S/C21H24N4O6/c1-21(16-10-6-7-11-22-16,19(28)23-13-18(27)30-2)25-17(26)12-24-20(29)31-14-15-8-4-3-5-9-15/h3-11H,12-14H2,1-2H3,(H,23,28)(H,24,29)(H,25,26)/t21-/m1/s1. The summed E-state index contributed by atoms with van der Waals surface area (Å²) in [6.07, 6.45) is 0.681. The predicted octanol–water partition coefficient (Wildman–Crippen LogP) is 0.629. The molecule has 2 rings (SSSR count). The number of carbonyl (C=O) groups excluding carboxylic acids is 4. The number of hydrogen-bond donors (Lipinski definition) is 3. The van der Waals surface area contributed by atoms with Crippen molar-refractivity contribution in [3.8, 4) is 0 Å². The fourth-order valence-electron chi connectivity index (χ4n) is 2.55. The lowest BCUT2D eigenvalue weighted by atomic mass is 9.95. The topological polar surface area (TPSA) is 136 Å². The highest BCUT2D eigenvalue weighted by Gasteiger charge is 2.38. The summed E-state index contributed by atoms with van der Waals surface area (Å²) in [4.78, 5) is 52.5. The van der Waals surface area contributed by atoms with Gasteiger partial charge in [-0.2, -0.15) is 0 Å². The van der Waals surface area contributed by atoms with Gasteiger partial charge in [0.2, 0.25) is 5.91 Å². The van der Waals surface area contributed by atoms with Gasteiger partial charge in [-0.25, -0.2) is 4.79 Å². The van der Waals surface area contributed by atoms with Crippen LogP contribution in [0.5, 0.6) is 0 Å². The van der Waals surface area contributed by atoms with Crippen molar-refractivity contribution in [3.63, 3.8) is 0 Å². The van der Waals surface area contributed by atoms with Crippen LogP contribution in [0.15, 0.2) is 54.7 Å². The van der Waals surface area contributed by atoms with Crippen LogP contribution in [0.3, 0.4) is 0 Å². The van der Waals surface area contributed by atoms with Gasteiger partial charge in [-0.1, -0.05) is 36.4 Å². The van der Waals surface area contributed by atoms with Crippen LogP contribution in [0.25, 0.3) is 0 Å². The second-order valence-corrected chi connectivity index (χ2v) is 6.56. The van der Waals surface area contributed by atoms with E-state index in [2.05, 4.69) is 25.7 Å². The Morgan fingerprint density at radius 2 is 1.68 bits per heavy atom. The van der Waals surface area contributed by atoms with Crippen LogP contribution < -0.4 is 16.0 Å². The zero-order valence-electron chi connectivity index (χ0n) is 17.2. The molecule has 0 unspecified atom stereocenters. The first-order valence-electron chi connectivity index (χ1n) is 9.37. The van der Waals surface area contributed by atoms with Crippen LogP contribution in [0.4, 0.5) is 4.79 Å². The van der Waals surface area contributed by atoms with Crippen molar-refractivity contribution < 1.29 is 28.7 Å². The van der Waals surface area contributed by atoms with Crippen molar-refractivity contribution in [3.05, 3.63) is 66.0 Å². The molecule has 3 amide bonds. The van der Waals surface area contributed by atoms with Crippen molar-refractivity contribution in [2.75, 3.05) is 20.2 Å². The molecule has 0 aliphatic carbocycles. The largest absolute Gasteiger partial charge is 0.468 e. The summed E-state index contributed by atoms with van der Waals surface area (Å²) in [6.45, 7) is 0.682. The summed E-state index contributed by atoms with van der Waals surface area (Å²) in [5.74, 6) is -1.97. The third-order valence-corrected chi connectivity index (χ3v) is 4.25. The first-order chi connectivity index (χ1) is 14.8. The minimum atomic E-state index is -1.60. The van der Waals surface area contributed by atoms with E-state index >= 15 is 0 Å². The lowest BCUT2D eigenvalue weighted by Crippen LogP contribution is -2.57. The Morgan fingerprint density at radius 1 is 0.968 bits per heavy atom. The first-order valence-corrected chi connectivity index (χ1v) is 9.37. The molecule has 10 heteroatoms. The molecule has 0 radical (unpaired) electrons. The predicted molar refractivity (Wildman–Crippen MR) is 109 cm³/mol. The van der Waals surface area contributed by atoms with E-state index in [0.29, 0.717) is 0 Å². The Labute approximate surface area is 179 Å². The molecule has 0 spiro atoms. The smallest absolute Gasteiger partial charge is 0.407 e. The van der Waals surface area contributed by atoms with Gasteiger partial charge in [-0.05, 0) is 24.6 Å². The first kappa shape index (κ1) is 23.3. The summed E-state index contributed by atoms with van der Waals surface area (Å²) in [6, 6.07) is 13.9. The van der Waals surface area contributed by atoms with Crippen molar-refractivity contribution in [2.24, 2.45) is 0 Å². The fourth-order valence-corrected chi connectivity index (χ4v) is 2.55. The second kappa shape index (κ2) is 11.3. The van der Waals surface area contributed by atoms with Gasteiger partial charge in [0.1, 0.15) is 19.7 Å². The lowest BCUT2D eigenvalue weighted by molar-refractivity contribution is -0.142. The number of alkyl carbamates (subject to hydrolysis) is 1. The summed E-state index contributed by atoms with van der Waals surface area (Å²) in [5.41, 5.74) is -0.549. The maximum absolute atomic E-state index is 12.7. The molecule has 10 nitrogen and oxygen atoms in total. The lowest BCUT2D eigenvalue weighted by Gasteiger charge is -2.29. The second-order valence-electron chi connectivity index (χ2n) is 6.56. The molecule has 0 bridgehead atoms. The number of aromatic nitrogens is 1. The van der Waals surface area contributed by atoms with Crippen molar-refractivity contribution in [1.82, 2.24) is 20.9 Å². The van der Waals surface area contributed by atoms with Gasteiger partial charge in [0.05, 0.1) is 12.8 Å². The van der Waals surface area contributed by atoms with Crippen LogP contribution in [0.1, 0.15) is 18.2 Å². The van der Waals surface area contributed by atoms with Gasteiger partial charge < -0.3 is 25.4 Å². The van der Waals surface area contributed by atoms with Crippen molar-refractivity contribution in [2.45, 2.75) is 19.1 Å². The zero-order valence-corrected chi connectivity index (χ0v) is 17.2. The maximum atomic E-state index is 12.7. The number of carbonyl (C=O) groups is 4. The molecular formula is C21H24N4O6. The highest BCUT2D eigenvalue weighted by atomic mass is 16.5. The normalized spacial score (nSPS) is 12.1. The van der Waals surface area contributed by atoms with Gasteiger partial charge in [0.25, 0.3) is 5.91 Å². The molecule has 164 valence electrons. The SMILES string of the molecule is COC(=O)CNC(=O)[C@](C)(NC(=O)CNC(=O)OCc1ccccc1)c1ccccn1. The molecule has 1 aromatic carbocycles. The summed E-state index contributed by atoms with van der Waals surface area (Å²) >= 11 is 0. The van der Waals surface area contributed by atoms with Gasteiger partial charge in [0, 0.05) is 6.20 Å². The van der Waals surface area contributed by atoms with Crippen LogP contribution in [0.2, 0.25) is 0 Å². The number of rotatable bonds is 9. The third kappa shape index (κ3) is 7.11. The molecular weight excluding hydrogens is 404 g/mol. The van der Waals surface area contributed by atoms with Crippen LogP contribution in [-0.2, 0) is 36.0 Å². The molecule has 0 fully saturated rings. The Bertz CT molecular complexity index is 907. The molecule has 31 heavy (non-hydrogen) atoms. The summed E-state index contributed by atoms with van der Waals surface area (Å²) in [7, 11) is 1.19. The minimum absolute atomic E-state index is 0.0515. The van der Waals surface area contributed by atoms with Gasteiger partial charge in [0.15, 0.2) is 5.54 Å². The Hall–Kier alpha value is -3.95. The molecule has 0 aliphatic rings. The fraction of sp³-hybridized carbons (Fsp3) is 0.286. The maximum Gasteiger partial charge on any atom is 0.407 e. The molecule has 2 aromatic rings. The van der Waals surface area contributed by atoms with E-state index in [-0.39, 0.29) is 18.8 Å².